The molecule has 1 aromatic heterocycles. The van der Waals surface area contributed by atoms with Gasteiger partial charge in [-0.2, -0.15) is 0 Å². The highest BCUT2D eigenvalue weighted by Crippen LogP contribution is 2.05. The third kappa shape index (κ3) is 5.78. The van der Waals surface area contributed by atoms with Crippen LogP contribution in [0.3, 0.4) is 0 Å². The van der Waals surface area contributed by atoms with Crippen LogP contribution in [0, 0.1) is 0 Å². The first-order chi connectivity index (χ1) is 6.86. The largest absolute Gasteiger partial charge is 0.320 e. The Morgan fingerprint density at radius 2 is 2.47 bits per heavy atom. The number of nitrogens with one attached hydrogen (secondary N) is 1. The van der Waals surface area contributed by atoms with Crippen molar-refractivity contribution >= 4 is 46.7 Å². The number of thioether (sulfide) groups is 1. The van der Waals surface area contributed by atoms with E-state index in [1.54, 1.807) is 24.0 Å². The van der Waals surface area contributed by atoms with Crippen LogP contribution in [0.1, 0.15) is 0 Å². The van der Waals surface area contributed by atoms with E-state index in [9.17, 15) is 0 Å². The lowest BCUT2D eigenvalue weighted by Gasteiger charge is -2.05. The van der Waals surface area contributed by atoms with Crippen molar-refractivity contribution in [3.8, 4) is 0 Å². The van der Waals surface area contributed by atoms with Crippen molar-refractivity contribution in [3.63, 3.8) is 0 Å². The quantitative estimate of drug-likeness (QED) is 0.399. The van der Waals surface area contributed by atoms with Gasteiger partial charge < -0.3 is 5.32 Å². The van der Waals surface area contributed by atoms with E-state index in [0.29, 0.717) is 6.54 Å². The molecule has 0 aliphatic carbocycles. The van der Waals surface area contributed by atoms with Gasteiger partial charge in [-0.05, 0) is 18.4 Å². The Morgan fingerprint density at radius 3 is 3.00 bits per heavy atom. The van der Waals surface area contributed by atoms with Crippen LogP contribution in [-0.4, -0.2) is 23.0 Å². The molecule has 1 heterocycles. The minimum atomic E-state index is 0. The number of hydrogen-bond donors (Lipinski definition) is 1. The van der Waals surface area contributed by atoms with E-state index in [1.807, 2.05) is 24.5 Å². The summed E-state index contributed by atoms with van der Waals surface area (Å²) in [5, 5.41) is 3.97. The lowest BCUT2D eigenvalue weighted by atomic mass is 10.5. The molecule has 1 N–H and O–H groups in total. The average molecular weight is 335 g/mol. The molecule has 0 aromatic carbocycles. The minimum Gasteiger partial charge on any atom is -0.320 e. The van der Waals surface area contributed by atoms with E-state index in [4.69, 9.17) is 0 Å². The normalized spacial score (nSPS) is 10.3. The molecule has 1 rings (SSSR count). The molecule has 0 atom stereocenters. The summed E-state index contributed by atoms with van der Waals surface area (Å²) in [6, 6.07) is 5.71. The van der Waals surface area contributed by atoms with Crippen molar-refractivity contribution in [3.05, 3.63) is 37.1 Å². The molecule has 82 valence electrons. The number of rotatable bonds is 3. The van der Waals surface area contributed by atoms with Gasteiger partial charge in [0.25, 0.3) is 0 Å². The first kappa shape index (κ1) is 14.4. The van der Waals surface area contributed by atoms with E-state index < -0.39 is 0 Å². The SMILES string of the molecule is C=CCN=C(Nc1ccccn1)SC.I. The molecule has 1 aromatic rings. The first-order valence-electron chi connectivity index (χ1n) is 4.24. The fourth-order valence-electron chi connectivity index (χ4n) is 0.849. The van der Waals surface area contributed by atoms with Crippen LogP contribution in [0.5, 0.6) is 0 Å². The van der Waals surface area contributed by atoms with Gasteiger partial charge >= 0.3 is 0 Å². The second-order valence-corrected chi connectivity index (χ2v) is 3.27. The van der Waals surface area contributed by atoms with E-state index in [0.717, 1.165) is 11.0 Å². The number of hydrogen-bond acceptors (Lipinski definition) is 3. The molecule has 0 saturated carbocycles. The van der Waals surface area contributed by atoms with Crippen LogP contribution in [0.25, 0.3) is 0 Å². The fraction of sp³-hybridized carbons (Fsp3) is 0.200. The number of amidine groups is 1. The van der Waals surface area contributed by atoms with Crippen LogP contribution in [0.4, 0.5) is 5.82 Å². The van der Waals surface area contributed by atoms with Crippen LogP contribution in [0.2, 0.25) is 0 Å². The Hall–Kier alpha value is -0.560. The highest BCUT2D eigenvalue weighted by atomic mass is 127. The Morgan fingerprint density at radius 1 is 1.67 bits per heavy atom. The smallest absolute Gasteiger partial charge is 0.162 e. The predicted octanol–water partition coefficient (Wildman–Crippen LogP) is 3.02. The number of aromatic nitrogens is 1. The molecule has 0 saturated heterocycles. The summed E-state index contributed by atoms with van der Waals surface area (Å²) in [6.45, 7) is 4.24. The van der Waals surface area contributed by atoms with E-state index >= 15 is 0 Å². The Bertz CT molecular complexity index is 314. The van der Waals surface area contributed by atoms with Crippen molar-refractivity contribution in [1.82, 2.24) is 4.98 Å². The summed E-state index contributed by atoms with van der Waals surface area (Å²) in [4.78, 5) is 8.41. The van der Waals surface area contributed by atoms with E-state index in [-0.39, 0.29) is 24.0 Å². The van der Waals surface area contributed by atoms with Crippen LogP contribution < -0.4 is 5.32 Å². The fourth-order valence-corrected chi connectivity index (χ4v) is 1.26. The molecule has 15 heavy (non-hydrogen) atoms. The van der Waals surface area contributed by atoms with E-state index in [1.165, 1.54) is 0 Å². The second-order valence-electron chi connectivity index (χ2n) is 2.48. The Labute approximate surface area is 111 Å². The third-order valence-electron chi connectivity index (χ3n) is 1.46. The van der Waals surface area contributed by atoms with Gasteiger partial charge in [0.1, 0.15) is 5.82 Å². The lowest BCUT2D eigenvalue weighted by molar-refractivity contribution is 1.25. The number of aliphatic imine (C=N–C) groups is 1. The summed E-state index contributed by atoms with van der Waals surface area (Å²) in [5.74, 6) is 0.810. The van der Waals surface area contributed by atoms with Gasteiger partial charge in [-0.25, -0.2) is 4.98 Å². The monoisotopic (exact) mass is 335 g/mol. The molecular formula is C10H14IN3S. The minimum absolute atomic E-state index is 0. The molecule has 0 radical (unpaired) electrons. The van der Waals surface area contributed by atoms with Gasteiger partial charge in [0.05, 0.1) is 6.54 Å². The zero-order valence-corrected chi connectivity index (χ0v) is 11.7. The summed E-state index contributed by atoms with van der Waals surface area (Å²) in [5.41, 5.74) is 0. The van der Waals surface area contributed by atoms with Crippen molar-refractivity contribution in [2.24, 2.45) is 4.99 Å². The Balaban J connectivity index is 0.00000196. The topological polar surface area (TPSA) is 37.3 Å². The number of anilines is 1. The Kier molecular flexibility index (Phi) is 8.40. The molecule has 0 bridgehead atoms. The van der Waals surface area contributed by atoms with Crippen LogP contribution in [0.15, 0.2) is 42.0 Å². The summed E-state index contributed by atoms with van der Waals surface area (Å²) in [7, 11) is 0. The maximum atomic E-state index is 4.27. The number of halogens is 1. The zero-order valence-electron chi connectivity index (χ0n) is 8.51. The van der Waals surface area contributed by atoms with Crippen LogP contribution >= 0.6 is 35.7 Å². The van der Waals surface area contributed by atoms with Gasteiger partial charge in [-0.1, -0.05) is 23.9 Å². The van der Waals surface area contributed by atoms with Gasteiger partial charge in [-0.15, -0.1) is 30.6 Å². The molecule has 0 aliphatic heterocycles. The van der Waals surface area contributed by atoms with Gasteiger partial charge in [-0.3, -0.25) is 4.99 Å². The van der Waals surface area contributed by atoms with Crippen molar-refractivity contribution in [2.75, 3.05) is 18.1 Å². The van der Waals surface area contributed by atoms with E-state index in [2.05, 4.69) is 21.9 Å². The highest BCUT2D eigenvalue weighted by Gasteiger charge is 1.96. The molecule has 3 nitrogen and oxygen atoms in total. The summed E-state index contributed by atoms with van der Waals surface area (Å²) < 4.78 is 0. The molecule has 0 fully saturated rings. The zero-order chi connectivity index (χ0) is 10.2. The van der Waals surface area contributed by atoms with Crippen molar-refractivity contribution in [2.45, 2.75) is 0 Å². The third-order valence-corrected chi connectivity index (χ3v) is 2.08. The van der Waals surface area contributed by atoms with Gasteiger partial charge in [0.2, 0.25) is 0 Å². The molecule has 5 heteroatoms. The molecule has 0 spiro atoms. The number of nitrogens with zero attached hydrogens (tertiary/aromatic N) is 2. The van der Waals surface area contributed by atoms with Gasteiger partial charge in [0, 0.05) is 6.20 Å². The number of pyridine rings is 1. The standard InChI is InChI=1S/C10H13N3S.HI/c1-3-7-12-10(14-2)13-9-6-4-5-8-11-9;/h3-6,8H,1,7H2,2H3,(H,11,12,13);1H. The molecular weight excluding hydrogens is 321 g/mol. The van der Waals surface area contributed by atoms with Gasteiger partial charge in [0.15, 0.2) is 5.17 Å². The van der Waals surface area contributed by atoms with Crippen LogP contribution in [-0.2, 0) is 0 Å². The molecule has 0 unspecified atom stereocenters. The van der Waals surface area contributed by atoms with Crippen molar-refractivity contribution < 1.29 is 0 Å². The first-order valence-corrected chi connectivity index (χ1v) is 5.46. The maximum Gasteiger partial charge on any atom is 0.162 e. The highest BCUT2D eigenvalue weighted by molar-refractivity contribution is 14.0. The average Bonchev–Trinajstić information content (AvgIpc) is 2.25. The predicted molar refractivity (Wildman–Crippen MR) is 79.3 cm³/mol. The lowest BCUT2D eigenvalue weighted by Crippen LogP contribution is -2.08. The molecule has 0 amide bonds. The summed E-state index contributed by atoms with van der Waals surface area (Å²) in [6.07, 6.45) is 5.47. The summed E-state index contributed by atoms with van der Waals surface area (Å²) >= 11 is 1.56. The van der Waals surface area contributed by atoms with Crippen molar-refractivity contribution in [1.29, 1.82) is 0 Å². The second kappa shape index (κ2) is 8.72. The molecule has 0 aliphatic rings. The maximum absolute atomic E-state index is 4.27.